The van der Waals surface area contributed by atoms with Crippen molar-refractivity contribution in [2.75, 3.05) is 18.6 Å². The molecule has 0 saturated carbocycles. The van der Waals surface area contributed by atoms with Gasteiger partial charge in [-0.25, -0.2) is 4.98 Å². The normalized spacial score (nSPS) is 10.5. The zero-order valence-corrected chi connectivity index (χ0v) is 9.71. The van der Waals surface area contributed by atoms with E-state index in [0.717, 1.165) is 11.3 Å². The van der Waals surface area contributed by atoms with Crippen LogP contribution in [0.3, 0.4) is 0 Å². The van der Waals surface area contributed by atoms with Crippen molar-refractivity contribution in [1.29, 1.82) is 0 Å². The maximum Gasteiger partial charge on any atom is 0.232 e. The maximum atomic E-state index is 5.77. The van der Waals surface area contributed by atoms with E-state index in [-0.39, 0.29) is 5.95 Å². The van der Waals surface area contributed by atoms with Crippen LogP contribution in [0.5, 0.6) is 5.88 Å². The van der Waals surface area contributed by atoms with E-state index in [9.17, 15) is 0 Å². The Kier molecular flexibility index (Phi) is 2.82. The number of hydrogen-bond acceptors (Lipinski definition) is 6. The van der Waals surface area contributed by atoms with Crippen LogP contribution in [0.1, 0.15) is 11.3 Å². The fraction of sp³-hybridized carbons (Fsp3) is 0.300. The molecule has 0 spiro atoms. The van der Waals surface area contributed by atoms with Crippen molar-refractivity contribution in [3.05, 3.63) is 23.5 Å². The molecule has 2 rings (SSSR count). The third kappa shape index (κ3) is 2.27. The van der Waals surface area contributed by atoms with Gasteiger partial charge in [0.25, 0.3) is 0 Å². The molecule has 0 atom stereocenters. The van der Waals surface area contributed by atoms with Gasteiger partial charge in [-0.3, -0.25) is 4.68 Å². The minimum atomic E-state index is 0.175. The summed E-state index contributed by atoms with van der Waals surface area (Å²) in [5.41, 5.74) is 13.0. The Hall–Kier alpha value is -2.31. The molecule has 0 aromatic carbocycles. The second-order valence-corrected chi connectivity index (χ2v) is 3.62. The highest BCUT2D eigenvalue weighted by Crippen LogP contribution is 2.17. The van der Waals surface area contributed by atoms with E-state index in [2.05, 4.69) is 15.1 Å². The van der Waals surface area contributed by atoms with Crippen molar-refractivity contribution in [2.45, 2.75) is 6.42 Å². The highest BCUT2D eigenvalue weighted by Gasteiger charge is 2.09. The largest absolute Gasteiger partial charge is 0.480 e. The lowest BCUT2D eigenvalue weighted by Crippen LogP contribution is -2.06. The van der Waals surface area contributed by atoms with Crippen LogP contribution < -0.4 is 16.2 Å². The Balaban J connectivity index is 2.27. The van der Waals surface area contributed by atoms with Gasteiger partial charge in [-0.1, -0.05) is 0 Å². The number of nitrogens with zero attached hydrogens (tertiary/aromatic N) is 4. The number of aromatic nitrogens is 4. The van der Waals surface area contributed by atoms with Crippen LogP contribution >= 0.6 is 0 Å². The van der Waals surface area contributed by atoms with Gasteiger partial charge in [-0.15, -0.1) is 5.10 Å². The number of nitrogen functional groups attached to an aromatic ring is 2. The highest BCUT2D eigenvalue weighted by molar-refractivity contribution is 5.43. The predicted molar refractivity (Wildman–Crippen MR) is 63.4 cm³/mol. The molecule has 0 saturated heterocycles. The molecule has 0 fully saturated rings. The molecule has 0 aliphatic rings. The fourth-order valence-corrected chi connectivity index (χ4v) is 1.51. The Labute approximate surface area is 98.4 Å². The lowest BCUT2D eigenvalue weighted by molar-refractivity contribution is 0.392. The first-order chi connectivity index (χ1) is 8.10. The number of methoxy groups -OCH3 is 1. The van der Waals surface area contributed by atoms with Crippen LogP contribution in [0.4, 0.5) is 11.8 Å². The lowest BCUT2D eigenvalue weighted by atomic mass is 10.2. The topological polar surface area (TPSA) is 105 Å². The Morgan fingerprint density at radius 1 is 1.41 bits per heavy atom. The van der Waals surface area contributed by atoms with Crippen LogP contribution in [0.15, 0.2) is 12.3 Å². The minimum Gasteiger partial charge on any atom is -0.480 e. The van der Waals surface area contributed by atoms with E-state index in [1.165, 1.54) is 0 Å². The van der Waals surface area contributed by atoms with Gasteiger partial charge >= 0.3 is 0 Å². The molecule has 0 unspecified atom stereocenters. The van der Waals surface area contributed by atoms with E-state index in [4.69, 9.17) is 16.2 Å². The summed E-state index contributed by atoms with van der Waals surface area (Å²) in [6.07, 6.45) is 2.20. The van der Waals surface area contributed by atoms with Gasteiger partial charge in [-0.05, 0) is 0 Å². The SMILES string of the molecule is COc1cc(Cc2cnc(N)nc2N)n(C)n1. The lowest BCUT2D eigenvalue weighted by Gasteiger charge is -2.04. The number of rotatable bonds is 3. The molecule has 90 valence electrons. The summed E-state index contributed by atoms with van der Waals surface area (Å²) in [7, 11) is 3.42. The van der Waals surface area contributed by atoms with Crippen molar-refractivity contribution >= 4 is 11.8 Å². The van der Waals surface area contributed by atoms with Crippen molar-refractivity contribution in [2.24, 2.45) is 7.05 Å². The zero-order valence-electron chi connectivity index (χ0n) is 9.71. The summed E-state index contributed by atoms with van der Waals surface area (Å²) in [6.45, 7) is 0. The summed E-state index contributed by atoms with van der Waals surface area (Å²) in [6, 6.07) is 1.84. The van der Waals surface area contributed by atoms with E-state index in [1.807, 2.05) is 13.1 Å². The van der Waals surface area contributed by atoms with Crippen LogP contribution in [-0.4, -0.2) is 26.9 Å². The van der Waals surface area contributed by atoms with Gasteiger partial charge in [-0.2, -0.15) is 4.98 Å². The molecule has 17 heavy (non-hydrogen) atoms. The number of ether oxygens (including phenoxy) is 1. The molecule has 0 aliphatic heterocycles. The first kappa shape index (κ1) is 11.2. The van der Waals surface area contributed by atoms with Gasteiger partial charge in [0, 0.05) is 37.0 Å². The molecule has 2 heterocycles. The van der Waals surface area contributed by atoms with Crippen molar-refractivity contribution in [3.63, 3.8) is 0 Å². The quantitative estimate of drug-likeness (QED) is 0.772. The number of aryl methyl sites for hydroxylation is 1. The average molecular weight is 234 g/mol. The Morgan fingerprint density at radius 2 is 2.18 bits per heavy atom. The smallest absolute Gasteiger partial charge is 0.232 e. The van der Waals surface area contributed by atoms with Crippen LogP contribution in [0.2, 0.25) is 0 Å². The third-order valence-electron chi connectivity index (χ3n) is 2.45. The van der Waals surface area contributed by atoms with Crippen LogP contribution in [0.25, 0.3) is 0 Å². The van der Waals surface area contributed by atoms with Crippen molar-refractivity contribution < 1.29 is 4.74 Å². The Bertz CT molecular complexity index is 536. The van der Waals surface area contributed by atoms with E-state index in [0.29, 0.717) is 18.1 Å². The number of anilines is 2. The van der Waals surface area contributed by atoms with E-state index in [1.54, 1.807) is 18.0 Å². The van der Waals surface area contributed by atoms with Gasteiger partial charge in [0.15, 0.2) is 0 Å². The molecule has 0 radical (unpaired) electrons. The Morgan fingerprint density at radius 3 is 2.76 bits per heavy atom. The van der Waals surface area contributed by atoms with Crippen molar-refractivity contribution in [1.82, 2.24) is 19.7 Å². The third-order valence-corrected chi connectivity index (χ3v) is 2.45. The van der Waals surface area contributed by atoms with Gasteiger partial charge in [0.05, 0.1) is 7.11 Å². The van der Waals surface area contributed by atoms with Crippen molar-refractivity contribution in [3.8, 4) is 5.88 Å². The molecule has 7 nitrogen and oxygen atoms in total. The molecule has 4 N–H and O–H groups in total. The first-order valence-electron chi connectivity index (χ1n) is 5.04. The van der Waals surface area contributed by atoms with E-state index < -0.39 is 0 Å². The number of nitrogens with two attached hydrogens (primary N) is 2. The second kappa shape index (κ2) is 4.28. The van der Waals surface area contributed by atoms with Crippen LogP contribution in [0, 0.1) is 0 Å². The number of hydrogen-bond donors (Lipinski definition) is 2. The summed E-state index contributed by atoms with van der Waals surface area (Å²) < 4.78 is 6.78. The monoisotopic (exact) mass is 234 g/mol. The highest BCUT2D eigenvalue weighted by atomic mass is 16.5. The minimum absolute atomic E-state index is 0.175. The van der Waals surface area contributed by atoms with Gasteiger partial charge < -0.3 is 16.2 Å². The van der Waals surface area contributed by atoms with Gasteiger partial charge in [0.2, 0.25) is 11.8 Å². The average Bonchev–Trinajstić information content (AvgIpc) is 2.64. The molecule has 2 aromatic heterocycles. The van der Waals surface area contributed by atoms with E-state index >= 15 is 0 Å². The molecule has 0 aliphatic carbocycles. The zero-order chi connectivity index (χ0) is 12.4. The summed E-state index contributed by atoms with van der Waals surface area (Å²) in [4.78, 5) is 7.83. The van der Waals surface area contributed by atoms with Gasteiger partial charge in [0.1, 0.15) is 5.82 Å². The van der Waals surface area contributed by atoms with Crippen LogP contribution in [-0.2, 0) is 13.5 Å². The summed E-state index contributed by atoms with van der Waals surface area (Å²) in [5.74, 6) is 1.13. The maximum absolute atomic E-state index is 5.77. The molecule has 0 amide bonds. The standard InChI is InChI=1S/C10H14N6O/c1-16-7(4-8(15-16)17-2)3-6-5-13-10(12)14-9(6)11/h4-5H,3H2,1-2H3,(H4,11,12,13,14). The molecule has 0 bridgehead atoms. The summed E-state index contributed by atoms with van der Waals surface area (Å²) >= 11 is 0. The molecule has 2 aromatic rings. The molecular weight excluding hydrogens is 220 g/mol. The molecular formula is C10H14N6O. The molecule has 7 heteroatoms. The first-order valence-corrected chi connectivity index (χ1v) is 5.04. The summed E-state index contributed by atoms with van der Waals surface area (Å²) in [5, 5.41) is 4.16. The predicted octanol–water partition coefficient (Wildman–Crippen LogP) is -0.0261. The fourth-order valence-electron chi connectivity index (χ4n) is 1.51. The second-order valence-electron chi connectivity index (χ2n) is 3.62.